The van der Waals surface area contributed by atoms with E-state index in [1.165, 1.54) is 0 Å². The first-order valence-corrected chi connectivity index (χ1v) is 6.18. The Morgan fingerprint density at radius 3 is 2.59 bits per heavy atom. The van der Waals surface area contributed by atoms with Crippen LogP contribution in [-0.4, -0.2) is 23.7 Å². The van der Waals surface area contributed by atoms with Gasteiger partial charge in [-0.1, -0.05) is 30.7 Å². The number of carbonyl (C=O) groups is 1. The molecule has 0 saturated carbocycles. The molecule has 0 aliphatic carbocycles. The van der Waals surface area contributed by atoms with Gasteiger partial charge in [0, 0.05) is 17.7 Å². The monoisotopic (exact) mass is 255 g/mol. The summed E-state index contributed by atoms with van der Waals surface area (Å²) in [5.41, 5.74) is 0.936. The van der Waals surface area contributed by atoms with E-state index in [0.717, 1.165) is 12.0 Å². The van der Waals surface area contributed by atoms with Crippen LogP contribution in [0.4, 0.5) is 0 Å². The number of rotatable bonds is 6. The Bertz CT molecular complexity index is 351. The number of halogens is 1. The van der Waals surface area contributed by atoms with Crippen molar-refractivity contribution in [3.8, 4) is 0 Å². The van der Waals surface area contributed by atoms with E-state index in [1.54, 1.807) is 12.1 Å². The molecule has 0 aromatic heterocycles. The van der Waals surface area contributed by atoms with E-state index in [0.29, 0.717) is 17.9 Å². The van der Waals surface area contributed by atoms with Crippen LogP contribution in [0, 0.1) is 0 Å². The summed E-state index contributed by atoms with van der Waals surface area (Å²) >= 11 is 5.77. The van der Waals surface area contributed by atoms with Crippen molar-refractivity contribution in [1.82, 2.24) is 5.32 Å². The van der Waals surface area contributed by atoms with Crippen LogP contribution < -0.4 is 5.32 Å². The molecule has 1 amide bonds. The molecule has 0 heterocycles. The van der Waals surface area contributed by atoms with E-state index < -0.39 is 0 Å². The zero-order valence-corrected chi connectivity index (χ0v) is 10.7. The zero-order valence-electron chi connectivity index (χ0n) is 9.95. The fraction of sp³-hybridized carbons (Fsp3) is 0.462. The average Bonchev–Trinajstić information content (AvgIpc) is 2.31. The van der Waals surface area contributed by atoms with Crippen LogP contribution in [0.2, 0.25) is 5.02 Å². The molecule has 1 rings (SSSR count). The minimum absolute atomic E-state index is 0.0207. The standard InChI is InChI=1S/C13H18ClNO2/c1-2-12(7-8-16)15-13(17)9-10-3-5-11(14)6-4-10/h3-6,12,16H,2,7-9H2,1H3,(H,15,17). The summed E-state index contributed by atoms with van der Waals surface area (Å²) in [6, 6.07) is 7.29. The second kappa shape index (κ2) is 7.30. The number of aliphatic hydroxyl groups excluding tert-OH is 1. The summed E-state index contributed by atoms with van der Waals surface area (Å²) in [6.07, 6.45) is 1.77. The Balaban J connectivity index is 2.46. The highest BCUT2D eigenvalue weighted by atomic mass is 35.5. The summed E-state index contributed by atoms with van der Waals surface area (Å²) in [5, 5.41) is 12.4. The molecule has 0 radical (unpaired) electrons. The molecule has 1 aromatic carbocycles. The quantitative estimate of drug-likeness (QED) is 0.819. The molecule has 17 heavy (non-hydrogen) atoms. The van der Waals surface area contributed by atoms with E-state index in [-0.39, 0.29) is 18.6 Å². The summed E-state index contributed by atoms with van der Waals surface area (Å²) in [7, 11) is 0. The fourth-order valence-corrected chi connectivity index (χ4v) is 1.73. The minimum atomic E-state index is -0.0207. The second-order valence-corrected chi connectivity index (χ2v) is 4.42. The molecule has 1 atom stereocenters. The molecule has 0 aliphatic rings. The third kappa shape index (κ3) is 5.20. The van der Waals surface area contributed by atoms with Crippen LogP contribution in [0.25, 0.3) is 0 Å². The lowest BCUT2D eigenvalue weighted by atomic mass is 10.1. The topological polar surface area (TPSA) is 49.3 Å². The number of hydrogen-bond donors (Lipinski definition) is 2. The van der Waals surface area contributed by atoms with Crippen LogP contribution in [0.1, 0.15) is 25.3 Å². The number of nitrogens with one attached hydrogen (secondary N) is 1. The molecular weight excluding hydrogens is 238 g/mol. The molecule has 0 fully saturated rings. The lowest BCUT2D eigenvalue weighted by Gasteiger charge is -2.15. The molecule has 0 bridgehead atoms. The van der Waals surface area contributed by atoms with Crippen molar-refractivity contribution in [1.29, 1.82) is 0 Å². The van der Waals surface area contributed by atoms with E-state index in [9.17, 15) is 4.79 Å². The molecule has 94 valence electrons. The van der Waals surface area contributed by atoms with Crippen molar-refractivity contribution in [3.63, 3.8) is 0 Å². The molecule has 0 spiro atoms. The highest BCUT2D eigenvalue weighted by molar-refractivity contribution is 6.30. The van der Waals surface area contributed by atoms with Gasteiger partial charge in [0.15, 0.2) is 0 Å². The molecule has 3 nitrogen and oxygen atoms in total. The normalized spacial score (nSPS) is 12.2. The Labute approximate surface area is 107 Å². The molecule has 1 aromatic rings. The van der Waals surface area contributed by atoms with Gasteiger partial charge in [0.2, 0.25) is 5.91 Å². The SMILES string of the molecule is CCC(CCO)NC(=O)Cc1ccc(Cl)cc1. The lowest BCUT2D eigenvalue weighted by Crippen LogP contribution is -2.36. The van der Waals surface area contributed by atoms with Crippen molar-refractivity contribution in [2.75, 3.05) is 6.61 Å². The third-order valence-corrected chi connectivity index (χ3v) is 2.87. The minimum Gasteiger partial charge on any atom is -0.396 e. The van der Waals surface area contributed by atoms with Crippen LogP contribution in [0.3, 0.4) is 0 Å². The van der Waals surface area contributed by atoms with Gasteiger partial charge in [-0.25, -0.2) is 0 Å². The maximum atomic E-state index is 11.7. The molecule has 2 N–H and O–H groups in total. The zero-order chi connectivity index (χ0) is 12.7. The van der Waals surface area contributed by atoms with Crippen LogP contribution in [0.15, 0.2) is 24.3 Å². The Kier molecular flexibility index (Phi) is 6.01. The first-order chi connectivity index (χ1) is 8.15. The maximum Gasteiger partial charge on any atom is 0.224 e. The number of aliphatic hydroxyl groups is 1. The van der Waals surface area contributed by atoms with Gasteiger partial charge in [-0.2, -0.15) is 0 Å². The van der Waals surface area contributed by atoms with Gasteiger partial charge in [0.05, 0.1) is 6.42 Å². The summed E-state index contributed by atoms with van der Waals surface area (Å²) in [5.74, 6) is -0.0207. The van der Waals surface area contributed by atoms with Crippen LogP contribution in [-0.2, 0) is 11.2 Å². The number of carbonyl (C=O) groups excluding carboxylic acids is 1. The van der Waals surface area contributed by atoms with Crippen molar-refractivity contribution in [2.45, 2.75) is 32.2 Å². The van der Waals surface area contributed by atoms with Gasteiger partial charge >= 0.3 is 0 Å². The largest absolute Gasteiger partial charge is 0.396 e. The molecule has 1 unspecified atom stereocenters. The van der Waals surface area contributed by atoms with Crippen LogP contribution in [0.5, 0.6) is 0 Å². The molecule has 0 aliphatic heterocycles. The van der Waals surface area contributed by atoms with Gasteiger partial charge in [0.25, 0.3) is 0 Å². The Morgan fingerprint density at radius 2 is 2.06 bits per heavy atom. The maximum absolute atomic E-state index is 11.7. The average molecular weight is 256 g/mol. The Hall–Kier alpha value is -1.06. The molecule has 0 saturated heterocycles. The van der Waals surface area contributed by atoms with Crippen molar-refractivity contribution >= 4 is 17.5 Å². The summed E-state index contributed by atoms with van der Waals surface area (Å²) in [4.78, 5) is 11.7. The van der Waals surface area contributed by atoms with Gasteiger partial charge in [-0.05, 0) is 30.5 Å². The number of benzene rings is 1. The molecule has 4 heteroatoms. The first-order valence-electron chi connectivity index (χ1n) is 5.80. The van der Waals surface area contributed by atoms with E-state index >= 15 is 0 Å². The van der Waals surface area contributed by atoms with Crippen molar-refractivity contribution in [3.05, 3.63) is 34.9 Å². The predicted octanol–water partition coefficient (Wildman–Crippen LogP) is 2.16. The van der Waals surface area contributed by atoms with E-state index in [2.05, 4.69) is 5.32 Å². The van der Waals surface area contributed by atoms with Crippen molar-refractivity contribution in [2.24, 2.45) is 0 Å². The lowest BCUT2D eigenvalue weighted by molar-refractivity contribution is -0.121. The summed E-state index contributed by atoms with van der Waals surface area (Å²) < 4.78 is 0. The molecular formula is C13H18ClNO2. The van der Waals surface area contributed by atoms with Crippen molar-refractivity contribution < 1.29 is 9.90 Å². The first kappa shape index (κ1) is 14.0. The van der Waals surface area contributed by atoms with Gasteiger partial charge in [0.1, 0.15) is 0 Å². The van der Waals surface area contributed by atoms with Crippen LogP contribution >= 0.6 is 11.6 Å². The highest BCUT2D eigenvalue weighted by Crippen LogP contribution is 2.10. The highest BCUT2D eigenvalue weighted by Gasteiger charge is 2.10. The van der Waals surface area contributed by atoms with Gasteiger partial charge in [-0.15, -0.1) is 0 Å². The second-order valence-electron chi connectivity index (χ2n) is 3.99. The summed E-state index contributed by atoms with van der Waals surface area (Å²) in [6.45, 7) is 2.09. The third-order valence-electron chi connectivity index (χ3n) is 2.61. The Morgan fingerprint density at radius 1 is 1.41 bits per heavy atom. The predicted molar refractivity (Wildman–Crippen MR) is 69.1 cm³/mol. The van der Waals surface area contributed by atoms with Gasteiger partial charge < -0.3 is 10.4 Å². The van der Waals surface area contributed by atoms with E-state index in [4.69, 9.17) is 16.7 Å². The van der Waals surface area contributed by atoms with Gasteiger partial charge in [-0.3, -0.25) is 4.79 Å². The number of amides is 1. The fourth-order valence-electron chi connectivity index (χ4n) is 1.60. The number of hydrogen-bond acceptors (Lipinski definition) is 2. The smallest absolute Gasteiger partial charge is 0.224 e. The van der Waals surface area contributed by atoms with E-state index in [1.807, 2.05) is 19.1 Å².